The van der Waals surface area contributed by atoms with Crippen LogP contribution in [0.2, 0.25) is 0 Å². The van der Waals surface area contributed by atoms with Gasteiger partial charge in [-0.3, -0.25) is 4.21 Å². The van der Waals surface area contributed by atoms with Gasteiger partial charge in [-0.05, 0) is 30.7 Å². The highest BCUT2D eigenvalue weighted by Gasteiger charge is 2.24. The van der Waals surface area contributed by atoms with Crippen LogP contribution in [0, 0.1) is 5.92 Å². The first-order valence-electron chi connectivity index (χ1n) is 5.64. The van der Waals surface area contributed by atoms with Crippen LogP contribution in [0.1, 0.15) is 6.42 Å². The van der Waals surface area contributed by atoms with E-state index in [4.69, 9.17) is 10.5 Å². The lowest BCUT2D eigenvalue weighted by Crippen LogP contribution is -2.35. The molecule has 5 heteroatoms. The first-order valence-corrected chi connectivity index (χ1v) is 7.75. The van der Waals surface area contributed by atoms with Gasteiger partial charge in [0, 0.05) is 33.7 Å². The lowest BCUT2D eigenvalue weighted by molar-refractivity contribution is 0.182. The van der Waals surface area contributed by atoms with E-state index < -0.39 is 10.8 Å². The van der Waals surface area contributed by atoms with Crippen molar-refractivity contribution >= 4 is 26.7 Å². The fraction of sp³-hybridized carbons (Fsp3) is 0.500. The summed E-state index contributed by atoms with van der Waals surface area (Å²) in [6.45, 7) is 1.49. The van der Waals surface area contributed by atoms with Crippen LogP contribution in [-0.2, 0) is 15.5 Å². The Hall–Kier alpha value is -0.230. The van der Waals surface area contributed by atoms with Gasteiger partial charge in [0.15, 0.2) is 0 Å². The van der Waals surface area contributed by atoms with Crippen LogP contribution < -0.4 is 5.73 Å². The maximum Gasteiger partial charge on any atom is 0.0545 e. The van der Waals surface area contributed by atoms with Crippen molar-refractivity contribution in [2.75, 3.05) is 19.0 Å². The van der Waals surface area contributed by atoms with Gasteiger partial charge in [0.25, 0.3) is 0 Å². The van der Waals surface area contributed by atoms with Gasteiger partial charge in [0.1, 0.15) is 0 Å². The zero-order valence-corrected chi connectivity index (χ0v) is 11.9. The molecule has 0 amide bonds. The summed E-state index contributed by atoms with van der Waals surface area (Å²) in [6, 6.07) is 7.51. The number of hydrogen-bond donors (Lipinski definition) is 1. The van der Waals surface area contributed by atoms with E-state index in [-0.39, 0.29) is 6.04 Å². The molecule has 1 aromatic rings. The van der Waals surface area contributed by atoms with Gasteiger partial charge in [0.05, 0.1) is 17.4 Å². The molecule has 0 saturated carbocycles. The van der Waals surface area contributed by atoms with E-state index in [2.05, 4.69) is 15.9 Å². The Labute approximate surface area is 112 Å². The molecule has 1 heterocycles. The molecule has 0 aromatic heterocycles. The van der Waals surface area contributed by atoms with Gasteiger partial charge in [-0.25, -0.2) is 0 Å². The molecule has 3 unspecified atom stereocenters. The maximum atomic E-state index is 12.1. The Morgan fingerprint density at radius 1 is 1.47 bits per heavy atom. The number of rotatable bonds is 4. The number of benzene rings is 1. The van der Waals surface area contributed by atoms with E-state index in [0.29, 0.717) is 18.3 Å². The Kier molecular flexibility index (Phi) is 4.73. The number of halogens is 1. The maximum absolute atomic E-state index is 12.1. The van der Waals surface area contributed by atoms with Crippen LogP contribution in [0.15, 0.2) is 33.6 Å². The second-order valence-corrected chi connectivity index (χ2v) is 6.67. The second kappa shape index (κ2) is 6.09. The van der Waals surface area contributed by atoms with Gasteiger partial charge < -0.3 is 10.5 Å². The molecule has 0 aliphatic carbocycles. The van der Waals surface area contributed by atoms with Crippen LogP contribution in [0.25, 0.3) is 0 Å². The number of ether oxygens (including phenoxy) is 1. The normalized spacial score (nSPS) is 23.5. The fourth-order valence-electron chi connectivity index (χ4n) is 1.88. The zero-order valence-electron chi connectivity index (χ0n) is 9.47. The van der Waals surface area contributed by atoms with Crippen molar-refractivity contribution in [2.24, 2.45) is 11.7 Å². The third-order valence-electron chi connectivity index (χ3n) is 2.99. The number of hydrogen-bond acceptors (Lipinski definition) is 3. The predicted octanol–water partition coefficient (Wildman–Crippen LogP) is 1.92. The lowest BCUT2D eigenvalue weighted by Gasteiger charge is -2.16. The molecule has 1 saturated heterocycles. The summed E-state index contributed by atoms with van der Waals surface area (Å²) >= 11 is 3.36. The Balaban J connectivity index is 1.94. The summed E-state index contributed by atoms with van der Waals surface area (Å²) in [5.74, 6) is 0.866. The van der Waals surface area contributed by atoms with Gasteiger partial charge >= 0.3 is 0 Å². The van der Waals surface area contributed by atoms with Crippen LogP contribution in [-0.4, -0.2) is 29.2 Å². The lowest BCUT2D eigenvalue weighted by atomic mass is 10.0. The molecule has 1 aromatic carbocycles. The highest BCUT2D eigenvalue weighted by atomic mass is 79.9. The topological polar surface area (TPSA) is 52.3 Å². The molecule has 17 heavy (non-hydrogen) atoms. The molecule has 1 fully saturated rings. The largest absolute Gasteiger partial charge is 0.381 e. The van der Waals surface area contributed by atoms with Gasteiger partial charge in [-0.2, -0.15) is 0 Å². The minimum atomic E-state index is -1.02. The van der Waals surface area contributed by atoms with E-state index in [1.807, 2.05) is 24.3 Å². The first-order chi connectivity index (χ1) is 8.16. The highest BCUT2D eigenvalue weighted by molar-refractivity contribution is 9.10. The Morgan fingerprint density at radius 2 is 2.18 bits per heavy atom. The molecule has 1 aliphatic heterocycles. The molecule has 2 N–H and O–H groups in total. The minimum Gasteiger partial charge on any atom is -0.381 e. The summed E-state index contributed by atoms with van der Waals surface area (Å²) in [6.07, 6.45) is 0.985. The van der Waals surface area contributed by atoms with Crippen LogP contribution in [0.5, 0.6) is 0 Å². The van der Waals surface area contributed by atoms with Gasteiger partial charge in [0.2, 0.25) is 0 Å². The van der Waals surface area contributed by atoms with E-state index >= 15 is 0 Å². The Bertz CT molecular complexity index is 390. The van der Waals surface area contributed by atoms with Crippen molar-refractivity contribution in [1.29, 1.82) is 0 Å². The minimum absolute atomic E-state index is 0.0398. The van der Waals surface area contributed by atoms with Crippen molar-refractivity contribution < 1.29 is 8.95 Å². The zero-order chi connectivity index (χ0) is 12.3. The van der Waals surface area contributed by atoms with Crippen molar-refractivity contribution in [2.45, 2.75) is 17.4 Å². The molecule has 0 spiro atoms. The van der Waals surface area contributed by atoms with Gasteiger partial charge in [-0.1, -0.05) is 15.9 Å². The highest BCUT2D eigenvalue weighted by Crippen LogP contribution is 2.19. The molecule has 2 rings (SSSR count). The van der Waals surface area contributed by atoms with Crippen molar-refractivity contribution in [3.05, 3.63) is 28.7 Å². The molecule has 3 atom stereocenters. The summed E-state index contributed by atoms with van der Waals surface area (Å²) in [5, 5.41) is 0. The molecular formula is C12H16BrNO2S. The molecular weight excluding hydrogens is 302 g/mol. The standard InChI is InChI=1S/C12H16BrNO2S/c13-10-1-3-11(4-2-10)17(15)8-12(14)9-5-6-16-7-9/h1-4,9,12H,5-8,14H2. The SMILES string of the molecule is NC(CS(=O)c1ccc(Br)cc1)C1CCOC1. The average Bonchev–Trinajstić information content (AvgIpc) is 2.83. The predicted molar refractivity (Wildman–Crippen MR) is 72.3 cm³/mol. The summed E-state index contributed by atoms with van der Waals surface area (Å²) in [5.41, 5.74) is 6.06. The van der Waals surface area contributed by atoms with E-state index in [1.165, 1.54) is 0 Å². The van der Waals surface area contributed by atoms with Gasteiger partial charge in [-0.15, -0.1) is 0 Å². The Morgan fingerprint density at radius 3 is 2.76 bits per heavy atom. The second-order valence-electron chi connectivity index (χ2n) is 4.25. The van der Waals surface area contributed by atoms with Crippen molar-refractivity contribution in [3.8, 4) is 0 Å². The summed E-state index contributed by atoms with van der Waals surface area (Å²) < 4.78 is 18.4. The van der Waals surface area contributed by atoms with Crippen LogP contribution in [0.4, 0.5) is 0 Å². The smallest absolute Gasteiger partial charge is 0.0545 e. The van der Waals surface area contributed by atoms with Crippen molar-refractivity contribution in [1.82, 2.24) is 0 Å². The monoisotopic (exact) mass is 317 g/mol. The molecule has 3 nitrogen and oxygen atoms in total. The number of nitrogens with two attached hydrogens (primary N) is 1. The molecule has 1 aliphatic rings. The molecule has 0 radical (unpaired) electrons. The molecule has 94 valence electrons. The molecule has 0 bridgehead atoms. The fourth-order valence-corrected chi connectivity index (χ4v) is 3.40. The average molecular weight is 318 g/mol. The van der Waals surface area contributed by atoms with Crippen molar-refractivity contribution in [3.63, 3.8) is 0 Å². The third-order valence-corrected chi connectivity index (χ3v) is 5.01. The third kappa shape index (κ3) is 3.61. The van der Waals surface area contributed by atoms with E-state index in [0.717, 1.165) is 22.4 Å². The summed E-state index contributed by atoms with van der Waals surface area (Å²) in [4.78, 5) is 0.836. The summed E-state index contributed by atoms with van der Waals surface area (Å²) in [7, 11) is -1.02. The first kappa shape index (κ1) is 13.2. The van der Waals surface area contributed by atoms with E-state index in [9.17, 15) is 4.21 Å². The van der Waals surface area contributed by atoms with Crippen LogP contribution >= 0.6 is 15.9 Å². The quantitative estimate of drug-likeness (QED) is 0.923. The van der Waals surface area contributed by atoms with Crippen LogP contribution in [0.3, 0.4) is 0 Å². The van der Waals surface area contributed by atoms with E-state index in [1.54, 1.807) is 0 Å².